The maximum atomic E-state index is 9.89. The van der Waals surface area contributed by atoms with Crippen LogP contribution in [0.25, 0.3) is 0 Å². The number of phenols is 4. The molecule has 0 heterocycles. The summed E-state index contributed by atoms with van der Waals surface area (Å²) in [6.07, 6.45) is 4.42. The van der Waals surface area contributed by atoms with Crippen LogP contribution in [0.1, 0.15) is 30.4 Å². The molecule has 0 spiro atoms. The van der Waals surface area contributed by atoms with Crippen LogP contribution in [-0.2, 0) is 12.8 Å². The quantitative estimate of drug-likeness (QED) is 0.423. The molecule has 0 amide bonds. The summed E-state index contributed by atoms with van der Waals surface area (Å²) in [5, 5.41) is 39.0. The first-order valence-electron chi connectivity index (χ1n) is 9.80. The summed E-state index contributed by atoms with van der Waals surface area (Å²) >= 11 is 0. The van der Waals surface area contributed by atoms with Gasteiger partial charge in [0.25, 0.3) is 0 Å². The number of nitrogens with two attached hydrogens (primary N) is 2. The highest BCUT2D eigenvalue weighted by atomic mass is 16.3. The number of aromatic hydroxyl groups is 4. The molecule has 1 aliphatic rings. The van der Waals surface area contributed by atoms with Crippen LogP contribution in [0.4, 0.5) is 0 Å². The SMILES string of the molecule is NCC1CCC[C@](CN)(Cc2ccc(O)c(O)c2)[C@H]1Cc1ccc(O)c(O)c1. The standard InChI is InChI=1S/C22H30N2O4/c23-12-16-2-1-7-22(13-24,11-15-4-6-19(26)21(28)10-15)17(16)8-14-3-5-18(25)20(27)9-14/h3-6,9-10,16-17,25-28H,1-2,7-8,11-13,23-24H2/t16?,17-,22+/m0/s1. The molecule has 1 saturated carbocycles. The zero-order chi connectivity index (χ0) is 20.3. The predicted octanol–water partition coefficient (Wildman–Crippen LogP) is 2.61. The molecule has 28 heavy (non-hydrogen) atoms. The molecule has 1 unspecified atom stereocenters. The molecule has 3 atom stereocenters. The number of hydrogen-bond acceptors (Lipinski definition) is 6. The summed E-state index contributed by atoms with van der Waals surface area (Å²) in [6, 6.07) is 9.86. The second-order valence-corrected chi connectivity index (χ2v) is 8.09. The van der Waals surface area contributed by atoms with Gasteiger partial charge in [-0.3, -0.25) is 0 Å². The Morgan fingerprint density at radius 3 is 2.04 bits per heavy atom. The van der Waals surface area contributed by atoms with E-state index in [1.165, 1.54) is 12.1 Å². The van der Waals surface area contributed by atoms with Gasteiger partial charge in [-0.05, 0) is 91.4 Å². The molecule has 0 bridgehead atoms. The van der Waals surface area contributed by atoms with Crippen LogP contribution >= 0.6 is 0 Å². The number of phenolic OH excluding ortho intramolecular Hbond substituents is 4. The molecule has 6 heteroatoms. The van der Waals surface area contributed by atoms with Crippen molar-refractivity contribution in [3.63, 3.8) is 0 Å². The Bertz CT molecular complexity index is 826. The lowest BCUT2D eigenvalue weighted by Crippen LogP contribution is -2.48. The van der Waals surface area contributed by atoms with Gasteiger partial charge in [-0.2, -0.15) is 0 Å². The summed E-state index contributed by atoms with van der Waals surface area (Å²) in [7, 11) is 0. The molecule has 2 aromatic carbocycles. The molecular weight excluding hydrogens is 356 g/mol. The van der Waals surface area contributed by atoms with E-state index < -0.39 is 0 Å². The molecule has 1 fully saturated rings. The molecule has 152 valence electrons. The summed E-state index contributed by atoms with van der Waals surface area (Å²) in [5.74, 6) is -0.0112. The van der Waals surface area contributed by atoms with Crippen molar-refractivity contribution >= 4 is 0 Å². The zero-order valence-corrected chi connectivity index (χ0v) is 16.0. The van der Waals surface area contributed by atoms with Crippen molar-refractivity contribution in [3.8, 4) is 23.0 Å². The van der Waals surface area contributed by atoms with Crippen LogP contribution in [0.3, 0.4) is 0 Å². The summed E-state index contributed by atoms with van der Waals surface area (Å²) in [4.78, 5) is 0. The van der Waals surface area contributed by atoms with Gasteiger partial charge < -0.3 is 31.9 Å². The first-order chi connectivity index (χ1) is 13.4. The van der Waals surface area contributed by atoms with Crippen LogP contribution in [0.2, 0.25) is 0 Å². The first kappa shape index (κ1) is 20.3. The van der Waals surface area contributed by atoms with Gasteiger partial charge in [0.1, 0.15) is 0 Å². The fourth-order valence-electron chi connectivity index (χ4n) is 4.85. The Balaban J connectivity index is 1.94. The largest absolute Gasteiger partial charge is 0.504 e. The van der Waals surface area contributed by atoms with Crippen LogP contribution in [0.15, 0.2) is 36.4 Å². The Morgan fingerprint density at radius 2 is 1.46 bits per heavy atom. The van der Waals surface area contributed by atoms with E-state index in [9.17, 15) is 20.4 Å². The van der Waals surface area contributed by atoms with Gasteiger partial charge in [0.2, 0.25) is 0 Å². The van der Waals surface area contributed by atoms with Gasteiger partial charge in [0, 0.05) is 0 Å². The van der Waals surface area contributed by atoms with Crippen LogP contribution in [0.5, 0.6) is 23.0 Å². The van der Waals surface area contributed by atoms with E-state index in [1.807, 2.05) is 12.1 Å². The van der Waals surface area contributed by atoms with Gasteiger partial charge in [0.05, 0.1) is 0 Å². The Kier molecular flexibility index (Phi) is 6.01. The summed E-state index contributed by atoms with van der Waals surface area (Å²) in [6.45, 7) is 1.05. The molecule has 0 radical (unpaired) electrons. The van der Waals surface area contributed by atoms with E-state index in [0.717, 1.165) is 30.4 Å². The molecule has 0 aromatic heterocycles. The molecule has 2 aromatic rings. The molecule has 8 N–H and O–H groups in total. The smallest absolute Gasteiger partial charge is 0.157 e. The number of benzene rings is 2. The highest BCUT2D eigenvalue weighted by Crippen LogP contribution is 2.48. The summed E-state index contributed by atoms with van der Waals surface area (Å²) < 4.78 is 0. The number of hydrogen-bond donors (Lipinski definition) is 6. The minimum absolute atomic E-state index is 0.126. The third-order valence-corrected chi connectivity index (χ3v) is 6.41. The third kappa shape index (κ3) is 4.03. The van der Waals surface area contributed by atoms with Crippen molar-refractivity contribution in [2.45, 2.75) is 32.1 Å². The van der Waals surface area contributed by atoms with Crippen LogP contribution in [-0.4, -0.2) is 33.5 Å². The molecule has 0 saturated heterocycles. The van der Waals surface area contributed by atoms with Gasteiger partial charge in [-0.1, -0.05) is 18.6 Å². The van der Waals surface area contributed by atoms with E-state index in [4.69, 9.17) is 11.5 Å². The molecule has 1 aliphatic carbocycles. The molecule has 6 nitrogen and oxygen atoms in total. The lowest BCUT2D eigenvalue weighted by molar-refractivity contribution is 0.0511. The third-order valence-electron chi connectivity index (χ3n) is 6.41. The first-order valence-corrected chi connectivity index (χ1v) is 9.80. The van der Waals surface area contributed by atoms with Crippen molar-refractivity contribution in [2.75, 3.05) is 13.1 Å². The van der Waals surface area contributed by atoms with E-state index >= 15 is 0 Å². The Labute approximate surface area is 165 Å². The van der Waals surface area contributed by atoms with Gasteiger partial charge in [-0.15, -0.1) is 0 Å². The summed E-state index contributed by atoms with van der Waals surface area (Å²) in [5.41, 5.74) is 14.1. The maximum absolute atomic E-state index is 9.89. The Morgan fingerprint density at radius 1 is 0.857 bits per heavy atom. The van der Waals surface area contributed by atoms with Gasteiger partial charge in [-0.25, -0.2) is 0 Å². The van der Waals surface area contributed by atoms with Crippen molar-refractivity contribution < 1.29 is 20.4 Å². The van der Waals surface area contributed by atoms with Crippen LogP contribution < -0.4 is 11.5 Å². The second kappa shape index (κ2) is 8.29. The monoisotopic (exact) mass is 386 g/mol. The normalized spacial score (nSPS) is 24.9. The fourth-order valence-corrected chi connectivity index (χ4v) is 4.85. The van der Waals surface area contributed by atoms with Crippen molar-refractivity contribution in [3.05, 3.63) is 47.5 Å². The molecular formula is C22H30N2O4. The van der Waals surface area contributed by atoms with Crippen molar-refractivity contribution in [2.24, 2.45) is 28.7 Å². The van der Waals surface area contributed by atoms with E-state index in [-0.39, 0.29) is 34.3 Å². The van der Waals surface area contributed by atoms with Crippen LogP contribution in [0, 0.1) is 17.3 Å². The van der Waals surface area contributed by atoms with E-state index in [0.29, 0.717) is 31.8 Å². The van der Waals surface area contributed by atoms with Crippen molar-refractivity contribution in [1.29, 1.82) is 0 Å². The van der Waals surface area contributed by atoms with Gasteiger partial charge in [0.15, 0.2) is 23.0 Å². The lowest BCUT2D eigenvalue weighted by Gasteiger charge is -2.48. The predicted molar refractivity (Wildman–Crippen MR) is 108 cm³/mol. The Hall–Kier alpha value is -2.44. The minimum Gasteiger partial charge on any atom is -0.504 e. The molecule has 3 rings (SSSR count). The zero-order valence-electron chi connectivity index (χ0n) is 16.0. The van der Waals surface area contributed by atoms with Crippen molar-refractivity contribution in [1.82, 2.24) is 0 Å². The average molecular weight is 386 g/mol. The highest BCUT2D eigenvalue weighted by Gasteiger charge is 2.44. The second-order valence-electron chi connectivity index (χ2n) is 8.09. The lowest BCUT2D eigenvalue weighted by atomic mass is 9.57. The van der Waals surface area contributed by atoms with Gasteiger partial charge >= 0.3 is 0 Å². The average Bonchev–Trinajstić information content (AvgIpc) is 2.69. The topological polar surface area (TPSA) is 133 Å². The fraction of sp³-hybridized carbons (Fsp3) is 0.455. The van der Waals surface area contributed by atoms with E-state index in [1.54, 1.807) is 12.1 Å². The molecule has 0 aliphatic heterocycles. The maximum Gasteiger partial charge on any atom is 0.157 e. The van der Waals surface area contributed by atoms with E-state index in [2.05, 4.69) is 0 Å². The number of rotatable bonds is 6. The highest BCUT2D eigenvalue weighted by molar-refractivity contribution is 5.42. The minimum atomic E-state index is -0.195.